The molecule has 8 nitrogen and oxygen atoms in total. The zero-order chi connectivity index (χ0) is 17.9. The minimum absolute atomic E-state index is 0.102. The highest BCUT2D eigenvalue weighted by Crippen LogP contribution is 2.13. The van der Waals surface area contributed by atoms with Crippen LogP contribution in [0.5, 0.6) is 0 Å². The van der Waals surface area contributed by atoms with Gasteiger partial charge in [0, 0.05) is 38.8 Å². The fourth-order valence-corrected chi connectivity index (χ4v) is 1.93. The van der Waals surface area contributed by atoms with Gasteiger partial charge in [-0.15, -0.1) is 0 Å². The first-order chi connectivity index (χ1) is 11.3. The van der Waals surface area contributed by atoms with Gasteiger partial charge in [0.05, 0.1) is 5.56 Å². The van der Waals surface area contributed by atoms with Crippen LogP contribution in [0.4, 0.5) is 8.78 Å². The number of halogens is 2. The van der Waals surface area contributed by atoms with Crippen molar-refractivity contribution in [1.82, 2.24) is 18.7 Å². The Kier molecular flexibility index (Phi) is 5.07. The van der Waals surface area contributed by atoms with Crippen molar-refractivity contribution in [2.45, 2.75) is 13.2 Å². The highest BCUT2D eigenvalue weighted by molar-refractivity contribution is 5.86. The zero-order valence-corrected chi connectivity index (χ0v) is 12.8. The molecule has 0 aliphatic heterocycles. The summed E-state index contributed by atoms with van der Waals surface area (Å²) in [6, 6.07) is 0. The molecule has 0 bridgehead atoms. The molecule has 0 aliphatic rings. The second-order valence-electron chi connectivity index (χ2n) is 4.81. The van der Waals surface area contributed by atoms with E-state index in [-0.39, 0.29) is 11.4 Å². The number of hydrogen-bond acceptors (Lipinski definition) is 5. The monoisotopic (exact) mass is 340 g/mol. The molecule has 0 spiro atoms. The number of carbonyl (C=O) groups is 1. The number of alkyl halides is 2. The lowest BCUT2D eigenvalue weighted by molar-refractivity contribution is -0.139. The fraction of sp³-hybridized carbons (Fsp3) is 0.286. The molecule has 0 atom stereocenters. The van der Waals surface area contributed by atoms with E-state index in [0.29, 0.717) is 4.57 Å². The van der Waals surface area contributed by atoms with E-state index in [1.54, 1.807) is 0 Å². The van der Waals surface area contributed by atoms with Gasteiger partial charge in [0.1, 0.15) is 6.61 Å². The van der Waals surface area contributed by atoms with Gasteiger partial charge in [-0.1, -0.05) is 0 Å². The van der Waals surface area contributed by atoms with Crippen molar-refractivity contribution in [2.24, 2.45) is 14.1 Å². The average Bonchev–Trinajstić information content (AvgIpc) is 3.02. The molecule has 0 amide bonds. The van der Waals surface area contributed by atoms with Crippen LogP contribution in [-0.2, 0) is 30.2 Å². The first-order valence-electron chi connectivity index (χ1n) is 6.72. The van der Waals surface area contributed by atoms with Crippen LogP contribution >= 0.6 is 0 Å². The van der Waals surface area contributed by atoms with Gasteiger partial charge in [0.15, 0.2) is 5.82 Å². The Labute approximate surface area is 134 Å². The number of ether oxygens (including phenoxy) is 1. The van der Waals surface area contributed by atoms with Gasteiger partial charge in [-0.3, -0.25) is 13.9 Å². The van der Waals surface area contributed by atoms with Crippen molar-refractivity contribution < 1.29 is 18.3 Å². The topological polar surface area (TPSA) is 88.1 Å². The number of rotatable bonds is 5. The van der Waals surface area contributed by atoms with E-state index in [0.717, 1.165) is 16.8 Å². The Morgan fingerprint density at radius 1 is 1.38 bits per heavy atom. The summed E-state index contributed by atoms with van der Waals surface area (Å²) in [6.07, 6.45) is 5.66. The molecule has 0 unspecified atom stereocenters. The van der Waals surface area contributed by atoms with Gasteiger partial charge in [-0.25, -0.2) is 14.6 Å². The molecule has 0 fully saturated rings. The van der Waals surface area contributed by atoms with E-state index in [1.165, 1.54) is 37.1 Å². The number of aromatic nitrogens is 4. The molecule has 0 N–H and O–H groups in total. The third-order valence-electron chi connectivity index (χ3n) is 3.17. The van der Waals surface area contributed by atoms with Crippen molar-refractivity contribution in [3.8, 4) is 0 Å². The molecule has 0 aromatic carbocycles. The van der Waals surface area contributed by atoms with Crippen molar-refractivity contribution in [3.05, 3.63) is 56.9 Å². The Bertz CT molecular complexity index is 895. The predicted molar refractivity (Wildman–Crippen MR) is 79.2 cm³/mol. The van der Waals surface area contributed by atoms with Crippen LogP contribution in [0.25, 0.3) is 6.08 Å². The van der Waals surface area contributed by atoms with E-state index >= 15 is 0 Å². The van der Waals surface area contributed by atoms with E-state index in [1.807, 2.05) is 0 Å². The SMILES string of the molecule is Cn1cc(/C=C/C(=O)OCc2nccn2C(F)F)c(=O)n(C)c1=O. The molecule has 2 aromatic rings. The summed E-state index contributed by atoms with van der Waals surface area (Å²) in [5.74, 6) is -0.945. The van der Waals surface area contributed by atoms with E-state index in [4.69, 9.17) is 4.74 Å². The van der Waals surface area contributed by atoms with Crippen LogP contribution in [0, 0.1) is 0 Å². The van der Waals surface area contributed by atoms with Gasteiger partial charge in [-0.05, 0) is 6.08 Å². The largest absolute Gasteiger partial charge is 0.454 e. The van der Waals surface area contributed by atoms with Crippen LogP contribution in [-0.4, -0.2) is 24.7 Å². The Hall–Kier alpha value is -3.04. The van der Waals surface area contributed by atoms with Crippen molar-refractivity contribution in [2.75, 3.05) is 0 Å². The average molecular weight is 340 g/mol. The maximum absolute atomic E-state index is 12.6. The van der Waals surface area contributed by atoms with Crippen molar-refractivity contribution in [3.63, 3.8) is 0 Å². The molecule has 0 saturated heterocycles. The summed E-state index contributed by atoms with van der Waals surface area (Å²) in [6.45, 7) is -3.23. The summed E-state index contributed by atoms with van der Waals surface area (Å²) in [5, 5.41) is 0. The fourth-order valence-electron chi connectivity index (χ4n) is 1.93. The highest BCUT2D eigenvalue weighted by Gasteiger charge is 2.12. The first-order valence-corrected chi connectivity index (χ1v) is 6.72. The number of imidazole rings is 1. The Balaban J connectivity index is 2.08. The number of carbonyl (C=O) groups excluding carboxylic acids is 1. The lowest BCUT2D eigenvalue weighted by Crippen LogP contribution is -2.37. The molecule has 0 aliphatic carbocycles. The zero-order valence-electron chi connectivity index (χ0n) is 12.8. The van der Waals surface area contributed by atoms with E-state index in [2.05, 4.69) is 4.98 Å². The summed E-state index contributed by atoms with van der Waals surface area (Å²) >= 11 is 0. The quantitative estimate of drug-likeness (QED) is 0.582. The predicted octanol–water partition coefficient (Wildman–Crippen LogP) is 0.432. The standard InChI is InChI=1S/C14H14F2N4O4/c1-18-7-9(12(22)19(2)14(18)23)3-4-11(21)24-8-10-17-5-6-20(10)13(15)16/h3-7,13H,8H2,1-2H3/b4-3+. The molecule has 0 saturated carbocycles. The molecule has 2 rings (SSSR count). The number of esters is 1. The number of aryl methyl sites for hydroxylation is 1. The maximum Gasteiger partial charge on any atom is 0.331 e. The summed E-state index contributed by atoms with van der Waals surface area (Å²) < 4.78 is 32.7. The van der Waals surface area contributed by atoms with Crippen LogP contribution in [0.2, 0.25) is 0 Å². The van der Waals surface area contributed by atoms with Crippen LogP contribution in [0.3, 0.4) is 0 Å². The lowest BCUT2D eigenvalue weighted by atomic mass is 10.3. The lowest BCUT2D eigenvalue weighted by Gasteiger charge is -2.06. The molecule has 128 valence electrons. The minimum atomic E-state index is -2.79. The third kappa shape index (κ3) is 3.65. The van der Waals surface area contributed by atoms with Gasteiger partial charge in [-0.2, -0.15) is 8.78 Å². The van der Waals surface area contributed by atoms with Gasteiger partial charge in [0.25, 0.3) is 5.56 Å². The molecule has 10 heteroatoms. The van der Waals surface area contributed by atoms with E-state index < -0.39 is 30.4 Å². The molecule has 24 heavy (non-hydrogen) atoms. The van der Waals surface area contributed by atoms with Gasteiger partial charge in [0.2, 0.25) is 0 Å². The van der Waals surface area contributed by atoms with Gasteiger partial charge < -0.3 is 9.30 Å². The molecule has 0 radical (unpaired) electrons. The highest BCUT2D eigenvalue weighted by atomic mass is 19.3. The second kappa shape index (κ2) is 7.02. The maximum atomic E-state index is 12.6. The third-order valence-corrected chi connectivity index (χ3v) is 3.17. The molecular formula is C14H14F2N4O4. The summed E-state index contributed by atoms with van der Waals surface area (Å²) in [7, 11) is 2.77. The normalized spacial score (nSPS) is 11.4. The molecule has 2 aromatic heterocycles. The summed E-state index contributed by atoms with van der Waals surface area (Å²) in [5.41, 5.74) is -0.973. The minimum Gasteiger partial charge on any atom is -0.454 e. The second-order valence-corrected chi connectivity index (χ2v) is 4.81. The van der Waals surface area contributed by atoms with Crippen LogP contribution in [0.1, 0.15) is 17.9 Å². The van der Waals surface area contributed by atoms with Gasteiger partial charge >= 0.3 is 18.2 Å². The molecular weight excluding hydrogens is 326 g/mol. The summed E-state index contributed by atoms with van der Waals surface area (Å²) in [4.78, 5) is 38.7. The Morgan fingerprint density at radius 3 is 2.75 bits per heavy atom. The molecule has 2 heterocycles. The van der Waals surface area contributed by atoms with Crippen LogP contribution in [0.15, 0.2) is 34.3 Å². The first kappa shape index (κ1) is 17.3. The van der Waals surface area contributed by atoms with Crippen molar-refractivity contribution >= 4 is 12.0 Å². The van der Waals surface area contributed by atoms with Crippen LogP contribution < -0.4 is 11.2 Å². The smallest absolute Gasteiger partial charge is 0.331 e. The number of hydrogen-bond donors (Lipinski definition) is 0. The number of nitrogens with zero attached hydrogens (tertiary/aromatic N) is 4. The van der Waals surface area contributed by atoms with E-state index in [9.17, 15) is 23.2 Å². The van der Waals surface area contributed by atoms with Crippen molar-refractivity contribution in [1.29, 1.82) is 0 Å². The Morgan fingerprint density at radius 2 is 2.08 bits per heavy atom.